The summed E-state index contributed by atoms with van der Waals surface area (Å²) in [6.07, 6.45) is 3.54. The number of nitrogens with one attached hydrogen (secondary N) is 1. The van der Waals surface area contributed by atoms with Crippen LogP contribution in [0, 0.1) is 11.7 Å². The average molecular weight is 498 g/mol. The molecule has 2 N–H and O–H groups in total. The lowest BCUT2D eigenvalue weighted by molar-refractivity contribution is -0.117. The molecule has 2 saturated heterocycles. The monoisotopic (exact) mass is 497 g/mol. The van der Waals surface area contributed by atoms with Crippen LogP contribution >= 0.6 is 0 Å². The van der Waals surface area contributed by atoms with Crippen LogP contribution in [-0.4, -0.2) is 57.0 Å². The molecule has 9 nitrogen and oxygen atoms in total. The van der Waals surface area contributed by atoms with Gasteiger partial charge in [-0.05, 0) is 61.1 Å². The predicted molar refractivity (Wildman–Crippen MR) is 120 cm³/mol. The number of benzene rings is 2. The molecule has 1 saturated carbocycles. The number of rotatable bonds is 5. The largest absolute Gasteiger partial charge is 0.506 e. The molecule has 1 amide bonds. The normalized spacial score (nSPS) is 22.1. The molecule has 3 aliphatic rings. The highest BCUT2D eigenvalue weighted by molar-refractivity contribution is 7.92. The number of hydrogen-bond acceptors (Lipinski definition) is 6. The first-order valence-corrected chi connectivity index (χ1v) is 13.8. The maximum absolute atomic E-state index is 15.4. The molecular weight excluding hydrogens is 473 g/mol. The van der Waals surface area contributed by atoms with Crippen molar-refractivity contribution >= 4 is 42.6 Å². The van der Waals surface area contributed by atoms with Crippen LogP contribution < -0.4 is 9.03 Å². The summed E-state index contributed by atoms with van der Waals surface area (Å²) in [6, 6.07) is 6.38. The standard InChI is InChI=1S/C21H24FN3O6S2/c22-20-17-10-14(9-13-5-7-24(8-6-13)32(28,29)16-3-4-16)1-2-15(17)11-18(26)21(20)25-12-19(27)23-33(25,30)31/h1-2,10-11,13,16,26H,3-9,12H2,(H,23,27). The summed E-state index contributed by atoms with van der Waals surface area (Å²) in [7, 11) is -7.45. The van der Waals surface area contributed by atoms with Crippen LogP contribution in [0.1, 0.15) is 31.2 Å². The average Bonchev–Trinajstić information content (AvgIpc) is 3.56. The van der Waals surface area contributed by atoms with Crippen LogP contribution in [0.2, 0.25) is 0 Å². The fourth-order valence-corrected chi connectivity index (χ4v) is 7.70. The molecule has 2 aromatic rings. The van der Waals surface area contributed by atoms with Crippen molar-refractivity contribution in [3.63, 3.8) is 0 Å². The summed E-state index contributed by atoms with van der Waals surface area (Å²) in [5.74, 6) is -2.06. The van der Waals surface area contributed by atoms with Gasteiger partial charge in [0.1, 0.15) is 18.0 Å². The molecule has 178 valence electrons. The van der Waals surface area contributed by atoms with E-state index in [1.165, 1.54) is 6.07 Å². The second-order valence-corrected chi connectivity index (χ2v) is 12.7. The van der Waals surface area contributed by atoms with Crippen molar-refractivity contribution in [3.8, 4) is 5.75 Å². The second-order valence-electron chi connectivity index (χ2n) is 8.94. The van der Waals surface area contributed by atoms with Gasteiger partial charge in [0.2, 0.25) is 10.0 Å². The third kappa shape index (κ3) is 4.04. The van der Waals surface area contributed by atoms with Crippen molar-refractivity contribution in [2.45, 2.75) is 37.4 Å². The molecule has 0 unspecified atom stereocenters. The number of nitrogens with zero attached hydrogens (tertiary/aromatic N) is 2. The molecule has 3 fully saturated rings. The van der Waals surface area contributed by atoms with E-state index < -0.39 is 49.9 Å². The lowest BCUT2D eigenvalue weighted by atomic mass is 9.90. The molecule has 2 aliphatic heterocycles. The van der Waals surface area contributed by atoms with Gasteiger partial charge in [-0.15, -0.1) is 0 Å². The van der Waals surface area contributed by atoms with E-state index in [-0.39, 0.29) is 16.6 Å². The predicted octanol–water partition coefficient (Wildman–Crippen LogP) is 1.61. The molecule has 0 bridgehead atoms. The van der Waals surface area contributed by atoms with Crippen molar-refractivity contribution in [1.82, 2.24) is 9.03 Å². The Morgan fingerprint density at radius 2 is 1.82 bits per heavy atom. The van der Waals surface area contributed by atoms with Crippen molar-refractivity contribution < 1.29 is 31.1 Å². The van der Waals surface area contributed by atoms with Crippen LogP contribution in [-0.2, 0) is 31.4 Å². The van der Waals surface area contributed by atoms with Crippen LogP contribution in [0.5, 0.6) is 5.75 Å². The summed E-state index contributed by atoms with van der Waals surface area (Å²) in [5, 5.41) is 10.6. The molecular formula is C21H24FN3O6S2. The van der Waals surface area contributed by atoms with Gasteiger partial charge in [0.15, 0.2) is 5.82 Å². The van der Waals surface area contributed by atoms with Crippen LogP contribution in [0.3, 0.4) is 0 Å². The topological polar surface area (TPSA) is 124 Å². The molecule has 1 aliphatic carbocycles. The Morgan fingerprint density at radius 3 is 2.42 bits per heavy atom. The van der Waals surface area contributed by atoms with E-state index in [2.05, 4.69) is 0 Å². The van der Waals surface area contributed by atoms with Crippen molar-refractivity contribution in [1.29, 1.82) is 0 Å². The minimum absolute atomic E-state index is 0.142. The lowest BCUT2D eigenvalue weighted by Crippen LogP contribution is -2.40. The van der Waals surface area contributed by atoms with E-state index in [0.29, 0.717) is 42.0 Å². The Balaban J connectivity index is 1.38. The quantitative estimate of drug-likeness (QED) is 0.647. The number of halogens is 1. The molecule has 33 heavy (non-hydrogen) atoms. The van der Waals surface area contributed by atoms with E-state index >= 15 is 4.39 Å². The highest BCUT2D eigenvalue weighted by Crippen LogP contribution is 2.39. The first-order valence-electron chi connectivity index (χ1n) is 10.8. The van der Waals surface area contributed by atoms with Gasteiger partial charge in [0.05, 0.1) is 5.25 Å². The lowest BCUT2D eigenvalue weighted by Gasteiger charge is -2.31. The van der Waals surface area contributed by atoms with E-state index in [1.807, 2.05) is 6.07 Å². The molecule has 0 aromatic heterocycles. The SMILES string of the molecule is O=C1CN(c2c(O)cc3ccc(CC4CCN(S(=O)(=O)C5CC5)CC4)cc3c2F)S(=O)(=O)N1. The number of fused-ring (bicyclic) bond motifs is 1. The number of phenols is 1. The fraction of sp³-hybridized carbons (Fsp3) is 0.476. The van der Waals surface area contributed by atoms with Gasteiger partial charge in [0, 0.05) is 18.5 Å². The van der Waals surface area contributed by atoms with Crippen molar-refractivity contribution in [3.05, 3.63) is 35.6 Å². The fourth-order valence-electron chi connectivity index (χ4n) is 4.66. The molecule has 12 heteroatoms. The molecule has 2 heterocycles. The third-order valence-corrected chi connectivity index (χ3v) is 10.3. The summed E-state index contributed by atoms with van der Waals surface area (Å²) in [6.45, 7) is 0.356. The van der Waals surface area contributed by atoms with Gasteiger partial charge in [-0.1, -0.05) is 12.1 Å². The molecule has 0 spiro atoms. The van der Waals surface area contributed by atoms with Crippen LogP contribution in [0.15, 0.2) is 24.3 Å². The summed E-state index contributed by atoms with van der Waals surface area (Å²) < 4.78 is 68.4. The molecule has 0 atom stereocenters. The van der Waals surface area contributed by atoms with E-state index in [1.54, 1.807) is 21.2 Å². The van der Waals surface area contributed by atoms with Gasteiger partial charge >= 0.3 is 10.2 Å². The van der Waals surface area contributed by atoms with Gasteiger partial charge in [-0.3, -0.25) is 4.79 Å². The smallest absolute Gasteiger partial charge is 0.326 e. The number of anilines is 1. The minimum atomic E-state index is -4.27. The first kappa shape index (κ1) is 22.4. The number of carbonyl (C=O) groups excluding carboxylic acids is 1. The van der Waals surface area contributed by atoms with Crippen molar-refractivity contribution in [2.24, 2.45) is 5.92 Å². The van der Waals surface area contributed by atoms with Gasteiger partial charge < -0.3 is 5.11 Å². The maximum Gasteiger partial charge on any atom is 0.326 e. The molecule has 2 aromatic carbocycles. The van der Waals surface area contributed by atoms with Gasteiger partial charge in [-0.2, -0.15) is 8.42 Å². The Kier molecular flexibility index (Phi) is 5.29. The van der Waals surface area contributed by atoms with Crippen LogP contribution in [0.4, 0.5) is 10.1 Å². The highest BCUT2D eigenvalue weighted by Gasteiger charge is 2.41. The maximum atomic E-state index is 15.4. The van der Waals surface area contributed by atoms with E-state index in [4.69, 9.17) is 0 Å². The summed E-state index contributed by atoms with van der Waals surface area (Å²) >= 11 is 0. The zero-order valence-corrected chi connectivity index (χ0v) is 19.3. The summed E-state index contributed by atoms with van der Waals surface area (Å²) in [4.78, 5) is 11.6. The van der Waals surface area contributed by atoms with Crippen molar-refractivity contribution in [2.75, 3.05) is 23.9 Å². The minimum Gasteiger partial charge on any atom is -0.506 e. The first-order chi connectivity index (χ1) is 15.6. The summed E-state index contributed by atoms with van der Waals surface area (Å²) in [5.41, 5.74) is 0.275. The number of carbonyl (C=O) groups is 1. The van der Waals surface area contributed by atoms with Gasteiger partial charge in [0.25, 0.3) is 5.91 Å². The Labute approximate surface area is 191 Å². The highest BCUT2D eigenvalue weighted by atomic mass is 32.2. The van der Waals surface area contributed by atoms with E-state index in [0.717, 1.165) is 18.4 Å². The molecule has 5 rings (SSSR count). The van der Waals surface area contributed by atoms with E-state index in [9.17, 15) is 26.7 Å². The number of phenolic OH excluding ortho intramolecular Hbond substituents is 1. The number of sulfonamides is 1. The van der Waals surface area contributed by atoms with Gasteiger partial charge in [-0.25, -0.2) is 26.1 Å². The Bertz CT molecular complexity index is 1350. The number of piperidine rings is 1. The third-order valence-electron chi connectivity index (χ3n) is 6.57. The number of aromatic hydroxyl groups is 1. The number of amides is 1. The number of hydrogen-bond donors (Lipinski definition) is 2. The Morgan fingerprint density at radius 1 is 1.12 bits per heavy atom. The second kappa shape index (κ2) is 7.81. The van der Waals surface area contributed by atoms with Crippen LogP contribution in [0.25, 0.3) is 10.8 Å². The zero-order chi connectivity index (χ0) is 23.5. The molecule has 0 radical (unpaired) electrons. The zero-order valence-electron chi connectivity index (χ0n) is 17.7. The Hall–Kier alpha value is -2.44.